The van der Waals surface area contributed by atoms with Crippen molar-refractivity contribution in [3.63, 3.8) is 0 Å². The zero-order valence-corrected chi connectivity index (χ0v) is 7.90. The Kier molecular flexibility index (Phi) is 3.87. The maximum Gasteiger partial charge on any atom is 0.322 e. The third-order valence-electron chi connectivity index (χ3n) is 1.80. The summed E-state index contributed by atoms with van der Waals surface area (Å²) in [6.07, 6.45) is 1.65. The number of likely N-dealkylation sites (N-methyl/N-ethyl adjacent to an activating group) is 1. The number of nitrogens with zero attached hydrogens (tertiary/aromatic N) is 1. The SMILES string of the molecule is CNC(CNc1ccccn1)C(=O)O. The number of carbonyl (C=O) groups is 1. The summed E-state index contributed by atoms with van der Waals surface area (Å²) in [7, 11) is 1.61. The summed E-state index contributed by atoms with van der Waals surface area (Å²) in [6, 6.07) is 4.83. The fourth-order valence-electron chi connectivity index (χ4n) is 0.987. The van der Waals surface area contributed by atoms with Crippen LogP contribution in [0.25, 0.3) is 0 Å². The van der Waals surface area contributed by atoms with Gasteiger partial charge in [0, 0.05) is 12.7 Å². The first-order valence-corrected chi connectivity index (χ1v) is 4.29. The molecule has 1 aromatic rings. The Morgan fingerprint density at radius 2 is 2.43 bits per heavy atom. The molecule has 5 nitrogen and oxygen atoms in total. The fourth-order valence-corrected chi connectivity index (χ4v) is 0.987. The molecule has 0 aliphatic heterocycles. The molecule has 5 heteroatoms. The van der Waals surface area contributed by atoms with Crippen molar-refractivity contribution in [2.75, 3.05) is 18.9 Å². The van der Waals surface area contributed by atoms with Gasteiger partial charge in [-0.3, -0.25) is 4.79 Å². The van der Waals surface area contributed by atoms with Gasteiger partial charge in [-0.25, -0.2) is 4.98 Å². The van der Waals surface area contributed by atoms with Gasteiger partial charge >= 0.3 is 5.97 Å². The highest BCUT2D eigenvalue weighted by atomic mass is 16.4. The lowest BCUT2D eigenvalue weighted by Gasteiger charge is -2.12. The summed E-state index contributed by atoms with van der Waals surface area (Å²) < 4.78 is 0. The smallest absolute Gasteiger partial charge is 0.322 e. The number of pyridine rings is 1. The summed E-state index contributed by atoms with van der Waals surface area (Å²) >= 11 is 0. The number of rotatable bonds is 5. The van der Waals surface area contributed by atoms with E-state index in [0.717, 1.165) is 0 Å². The molecular weight excluding hydrogens is 182 g/mol. The number of nitrogens with one attached hydrogen (secondary N) is 2. The fraction of sp³-hybridized carbons (Fsp3) is 0.333. The third-order valence-corrected chi connectivity index (χ3v) is 1.80. The first-order chi connectivity index (χ1) is 6.74. The first-order valence-electron chi connectivity index (χ1n) is 4.29. The Morgan fingerprint density at radius 3 is 2.93 bits per heavy atom. The molecule has 0 saturated heterocycles. The Labute approximate surface area is 82.2 Å². The van der Waals surface area contributed by atoms with Gasteiger partial charge in [-0.15, -0.1) is 0 Å². The zero-order valence-electron chi connectivity index (χ0n) is 7.90. The molecule has 0 radical (unpaired) electrons. The number of carboxylic acid groups (broad SMARTS) is 1. The molecule has 0 aliphatic carbocycles. The van der Waals surface area contributed by atoms with Crippen LogP contribution >= 0.6 is 0 Å². The highest BCUT2D eigenvalue weighted by Crippen LogP contribution is 1.99. The molecule has 0 fully saturated rings. The van der Waals surface area contributed by atoms with E-state index in [1.165, 1.54) is 0 Å². The molecule has 1 aromatic heterocycles. The second-order valence-corrected chi connectivity index (χ2v) is 2.78. The van der Waals surface area contributed by atoms with Gasteiger partial charge in [0.25, 0.3) is 0 Å². The van der Waals surface area contributed by atoms with Crippen molar-refractivity contribution in [1.29, 1.82) is 0 Å². The summed E-state index contributed by atoms with van der Waals surface area (Å²) in [5.41, 5.74) is 0. The Balaban J connectivity index is 2.44. The molecule has 0 aromatic carbocycles. The van der Waals surface area contributed by atoms with E-state index in [4.69, 9.17) is 5.11 Å². The molecule has 1 heterocycles. The number of hydrogen-bond acceptors (Lipinski definition) is 4. The molecule has 3 N–H and O–H groups in total. The highest BCUT2D eigenvalue weighted by molar-refractivity contribution is 5.74. The normalized spacial score (nSPS) is 12.1. The van der Waals surface area contributed by atoms with Crippen LogP contribution in [0.5, 0.6) is 0 Å². The lowest BCUT2D eigenvalue weighted by atomic mass is 10.3. The molecular formula is C9H13N3O2. The van der Waals surface area contributed by atoms with Crippen LogP contribution in [0.4, 0.5) is 5.82 Å². The van der Waals surface area contributed by atoms with E-state index < -0.39 is 12.0 Å². The lowest BCUT2D eigenvalue weighted by Crippen LogP contribution is -2.39. The van der Waals surface area contributed by atoms with Gasteiger partial charge in [0.2, 0.25) is 0 Å². The molecule has 76 valence electrons. The van der Waals surface area contributed by atoms with E-state index in [2.05, 4.69) is 15.6 Å². The van der Waals surface area contributed by atoms with Gasteiger partial charge in [0.15, 0.2) is 0 Å². The number of aromatic nitrogens is 1. The first kappa shape index (κ1) is 10.5. The van der Waals surface area contributed by atoms with Crippen LogP contribution in [0.15, 0.2) is 24.4 Å². The number of aliphatic carboxylic acids is 1. The van der Waals surface area contributed by atoms with Crippen LogP contribution in [0.3, 0.4) is 0 Å². The molecule has 1 unspecified atom stereocenters. The highest BCUT2D eigenvalue weighted by Gasteiger charge is 2.13. The quantitative estimate of drug-likeness (QED) is 0.624. The minimum absolute atomic E-state index is 0.308. The number of hydrogen-bond donors (Lipinski definition) is 3. The predicted octanol–water partition coefficient (Wildman–Crippen LogP) is 0.166. The average molecular weight is 195 g/mol. The molecule has 0 bridgehead atoms. The maximum absolute atomic E-state index is 10.6. The molecule has 0 amide bonds. The maximum atomic E-state index is 10.6. The molecule has 0 saturated carbocycles. The number of anilines is 1. The second kappa shape index (κ2) is 5.18. The molecule has 1 rings (SSSR count). The summed E-state index contributed by atoms with van der Waals surface area (Å²) in [5, 5.41) is 14.3. The summed E-state index contributed by atoms with van der Waals surface area (Å²) in [4.78, 5) is 14.6. The van der Waals surface area contributed by atoms with Gasteiger partial charge in [0.05, 0.1) is 0 Å². The van der Waals surface area contributed by atoms with Gasteiger partial charge in [0.1, 0.15) is 11.9 Å². The monoisotopic (exact) mass is 195 g/mol. The average Bonchev–Trinajstić information content (AvgIpc) is 2.20. The standard InChI is InChI=1S/C9H13N3O2/c1-10-7(9(13)14)6-12-8-4-2-3-5-11-8/h2-5,7,10H,6H2,1H3,(H,11,12)(H,13,14). The van der Waals surface area contributed by atoms with Crippen LogP contribution in [0.1, 0.15) is 0 Å². The van der Waals surface area contributed by atoms with Crippen LogP contribution in [0, 0.1) is 0 Å². The lowest BCUT2D eigenvalue weighted by molar-refractivity contribution is -0.138. The van der Waals surface area contributed by atoms with Crippen LogP contribution in [-0.4, -0.2) is 35.7 Å². The van der Waals surface area contributed by atoms with Gasteiger partial charge in [-0.05, 0) is 19.2 Å². The zero-order chi connectivity index (χ0) is 10.4. The van der Waals surface area contributed by atoms with Gasteiger partial charge in [-0.1, -0.05) is 6.07 Å². The van der Waals surface area contributed by atoms with Gasteiger partial charge in [-0.2, -0.15) is 0 Å². The Morgan fingerprint density at radius 1 is 1.64 bits per heavy atom. The van der Waals surface area contributed by atoms with Crippen molar-refractivity contribution in [2.24, 2.45) is 0 Å². The molecule has 0 spiro atoms. The largest absolute Gasteiger partial charge is 0.480 e. The molecule has 0 aliphatic rings. The van der Waals surface area contributed by atoms with E-state index in [1.807, 2.05) is 6.07 Å². The van der Waals surface area contributed by atoms with E-state index in [-0.39, 0.29) is 0 Å². The summed E-state index contributed by atoms with van der Waals surface area (Å²) in [6.45, 7) is 0.308. The van der Waals surface area contributed by atoms with Gasteiger partial charge < -0.3 is 15.7 Å². The van der Waals surface area contributed by atoms with E-state index in [1.54, 1.807) is 25.4 Å². The van der Waals surface area contributed by atoms with Crippen LogP contribution in [0.2, 0.25) is 0 Å². The Bertz CT molecular complexity index is 289. The van der Waals surface area contributed by atoms with E-state index in [0.29, 0.717) is 12.4 Å². The van der Waals surface area contributed by atoms with Crippen LogP contribution < -0.4 is 10.6 Å². The predicted molar refractivity (Wildman–Crippen MR) is 53.2 cm³/mol. The van der Waals surface area contributed by atoms with Crippen molar-refractivity contribution in [3.05, 3.63) is 24.4 Å². The van der Waals surface area contributed by atoms with Crippen molar-refractivity contribution in [1.82, 2.24) is 10.3 Å². The van der Waals surface area contributed by atoms with E-state index in [9.17, 15) is 4.79 Å². The third kappa shape index (κ3) is 3.02. The topological polar surface area (TPSA) is 74.2 Å². The minimum atomic E-state index is -0.879. The van der Waals surface area contributed by atoms with Crippen molar-refractivity contribution < 1.29 is 9.90 Å². The molecule has 1 atom stereocenters. The number of carboxylic acids is 1. The van der Waals surface area contributed by atoms with E-state index >= 15 is 0 Å². The van der Waals surface area contributed by atoms with Crippen molar-refractivity contribution >= 4 is 11.8 Å². The minimum Gasteiger partial charge on any atom is -0.480 e. The summed E-state index contributed by atoms with van der Waals surface area (Å²) in [5.74, 6) is -0.204. The van der Waals surface area contributed by atoms with Crippen molar-refractivity contribution in [2.45, 2.75) is 6.04 Å². The molecule has 14 heavy (non-hydrogen) atoms. The second-order valence-electron chi connectivity index (χ2n) is 2.78. The van der Waals surface area contributed by atoms with Crippen molar-refractivity contribution in [3.8, 4) is 0 Å². The Hall–Kier alpha value is -1.62. The van der Waals surface area contributed by atoms with Crippen LogP contribution in [-0.2, 0) is 4.79 Å².